The number of aryl methyl sites for hydroxylation is 2. The van der Waals surface area contributed by atoms with Gasteiger partial charge in [-0.1, -0.05) is 6.42 Å². The molecule has 2 aromatic rings. The lowest BCUT2D eigenvalue weighted by molar-refractivity contribution is -0.143. The topological polar surface area (TPSA) is 87.5 Å². The van der Waals surface area contributed by atoms with Gasteiger partial charge in [0.1, 0.15) is 5.82 Å². The van der Waals surface area contributed by atoms with Crippen LogP contribution in [0.25, 0.3) is 11.0 Å². The molecule has 1 fully saturated rings. The van der Waals surface area contributed by atoms with E-state index in [1.807, 2.05) is 18.2 Å². The predicted molar refractivity (Wildman–Crippen MR) is 98.2 cm³/mol. The summed E-state index contributed by atoms with van der Waals surface area (Å²) in [5, 5.41) is 12.0. The second-order valence-electron chi connectivity index (χ2n) is 7.22. The van der Waals surface area contributed by atoms with Gasteiger partial charge in [-0.2, -0.15) is 0 Å². The third kappa shape index (κ3) is 3.25. The van der Waals surface area contributed by atoms with E-state index in [0.717, 1.165) is 35.5 Å². The molecule has 0 radical (unpaired) electrons. The number of hydrogen-bond acceptors (Lipinski definition) is 3. The first-order chi connectivity index (χ1) is 12.6. The summed E-state index contributed by atoms with van der Waals surface area (Å²) in [7, 11) is 0. The summed E-state index contributed by atoms with van der Waals surface area (Å²) in [5.41, 5.74) is 2.78. The lowest BCUT2D eigenvalue weighted by atomic mass is 9.97. The van der Waals surface area contributed by atoms with Crippen molar-refractivity contribution >= 4 is 28.7 Å². The first-order valence-corrected chi connectivity index (χ1v) is 9.40. The molecule has 0 saturated carbocycles. The maximum atomic E-state index is 12.5. The number of likely N-dealkylation sites (tertiary alicyclic amines) is 1. The molecule has 2 aliphatic heterocycles. The van der Waals surface area contributed by atoms with Gasteiger partial charge in [0.15, 0.2) is 0 Å². The minimum Gasteiger partial charge on any atom is -0.481 e. The average Bonchev–Trinajstić information content (AvgIpc) is 2.82. The highest BCUT2D eigenvalue weighted by molar-refractivity contribution is 5.92. The van der Waals surface area contributed by atoms with Crippen LogP contribution in [0.2, 0.25) is 0 Å². The van der Waals surface area contributed by atoms with Gasteiger partial charge in [0, 0.05) is 31.7 Å². The van der Waals surface area contributed by atoms with Crippen LogP contribution in [0.15, 0.2) is 18.2 Å². The maximum absolute atomic E-state index is 12.5. The number of carboxylic acids is 1. The van der Waals surface area contributed by atoms with E-state index in [9.17, 15) is 9.59 Å². The molecule has 4 rings (SSSR count). The second kappa shape index (κ2) is 6.97. The Labute approximate surface area is 152 Å². The molecule has 138 valence electrons. The quantitative estimate of drug-likeness (QED) is 0.865. The van der Waals surface area contributed by atoms with Gasteiger partial charge in [0.25, 0.3) is 0 Å². The van der Waals surface area contributed by atoms with Crippen molar-refractivity contribution in [1.29, 1.82) is 0 Å². The van der Waals surface area contributed by atoms with Gasteiger partial charge >= 0.3 is 12.0 Å². The highest BCUT2D eigenvalue weighted by atomic mass is 16.4. The molecule has 2 N–H and O–H groups in total. The summed E-state index contributed by atoms with van der Waals surface area (Å²) in [5.74, 6) is 0.0307. The fourth-order valence-corrected chi connectivity index (χ4v) is 3.96. The van der Waals surface area contributed by atoms with Crippen molar-refractivity contribution in [2.24, 2.45) is 5.92 Å². The van der Waals surface area contributed by atoms with Crippen molar-refractivity contribution in [2.45, 2.75) is 45.1 Å². The SMILES string of the molecule is O=C(O)C1CCN(C(=O)Nc2ccc3c(c2)nc2n3CCCCC2)CC1. The van der Waals surface area contributed by atoms with E-state index < -0.39 is 5.97 Å². The zero-order valence-electron chi connectivity index (χ0n) is 14.8. The minimum absolute atomic E-state index is 0.172. The number of hydrogen-bond donors (Lipinski definition) is 2. The van der Waals surface area contributed by atoms with Gasteiger partial charge in [-0.25, -0.2) is 9.78 Å². The number of rotatable bonds is 2. The van der Waals surface area contributed by atoms with E-state index >= 15 is 0 Å². The number of carboxylic acid groups (broad SMARTS) is 1. The first kappa shape index (κ1) is 16.9. The lowest BCUT2D eigenvalue weighted by Gasteiger charge is -2.30. The highest BCUT2D eigenvalue weighted by Crippen LogP contribution is 2.25. The van der Waals surface area contributed by atoms with Crippen LogP contribution in [0.3, 0.4) is 0 Å². The standard InChI is InChI=1S/C19H24N4O3/c24-18(25)13-7-10-22(11-8-13)19(26)20-14-5-6-16-15(12-14)21-17-4-2-1-3-9-23(16)17/h5-6,12-13H,1-4,7-11H2,(H,20,26)(H,24,25). The molecule has 0 spiro atoms. The van der Waals surface area contributed by atoms with Crippen LogP contribution in [-0.2, 0) is 17.8 Å². The summed E-state index contributed by atoms with van der Waals surface area (Å²) in [6, 6.07) is 5.71. The molecule has 0 atom stereocenters. The van der Waals surface area contributed by atoms with E-state index in [2.05, 4.69) is 9.88 Å². The number of aliphatic carboxylic acids is 1. The number of carbonyl (C=O) groups excluding carboxylic acids is 1. The number of fused-ring (bicyclic) bond motifs is 3. The van der Waals surface area contributed by atoms with Gasteiger partial charge in [0.2, 0.25) is 0 Å². The van der Waals surface area contributed by atoms with Gasteiger partial charge in [0.05, 0.1) is 17.0 Å². The predicted octanol–water partition coefficient (Wildman–Crippen LogP) is 3.09. The first-order valence-electron chi connectivity index (χ1n) is 9.40. The van der Waals surface area contributed by atoms with Crippen molar-refractivity contribution in [3.8, 4) is 0 Å². The fraction of sp³-hybridized carbons (Fsp3) is 0.526. The van der Waals surface area contributed by atoms with E-state index in [1.165, 1.54) is 19.3 Å². The molecule has 1 aromatic heterocycles. The molecule has 26 heavy (non-hydrogen) atoms. The normalized spacial score (nSPS) is 18.4. The summed E-state index contributed by atoms with van der Waals surface area (Å²) in [6.45, 7) is 1.96. The molecule has 2 aliphatic rings. The highest BCUT2D eigenvalue weighted by Gasteiger charge is 2.27. The molecular weight excluding hydrogens is 332 g/mol. The van der Waals surface area contributed by atoms with Crippen LogP contribution < -0.4 is 5.32 Å². The zero-order chi connectivity index (χ0) is 18.1. The van der Waals surface area contributed by atoms with Crippen LogP contribution >= 0.6 is 0 Å². The number of nitrogens with one attached hydrogen (secondary N) is 1. The Morgan fingerprint density at radius 2 is 1.92 bits per heavy atom. The van der Waals surface area contributed by atoms with Crippen molar-refractivity contribution in [1.82, 2.24) is 14.5 Å². The number of amides is 2. The molecule has 0 aliphatic carbocycles. The molecule has 7 heteroatoms. The van der Waals surface area contributed by atoms with Gasteiger partial charge in [-0.05, 0) is 43.9 Å². The Morgan fingerprint density at radius 3 is 2.69 bits per heavy atom. The van der Waals surface area contributed by atoms with Crippen LogP contribution in [0, 0.1) is 5.92 Å². The van der Waals surface area contributed by atoms with E-state index in [1.54, 1.807) is 4.90 Å². The van der Waals surface area contributed by atoms with Crippen molar-refractivity contribution < 1.29 is 14.7 Å². The largest absolute Gasteiger partial charge is 0.481 e. The van der Waals surface area contributed by atoms with Crippen molar-refractivity contribution in [3.63, 3.8) is 0 Å². The molecule has 7 nitrogen and oxygen atoms in total. The van der Waals surface area contributed by atoms with Gasteiger partial charge in [-0.15, -0.1) is 0 Å². The van der Waals surface area contributed by atoms with Crippen LogP contribution in [0.4, 0.5) is 10.5 Å². The minimum atomic E-state index is -0.768. The third-order valence-electron chi connectivity index (χ3n) is 5.49. The summed E-state index contributed by atoms with van der Waals surface area (Å²) >= 11 is 0. The Balaban J connectivity index is 1.46. The maximum Gasteiger partial charge on any atom is 0.321 e. The van der Waals surface area contributed by atoms with Crippen LogP contribution in [-0.4, -0.2) is 44.6 Å². The monoisotopic (exact) mass is 356 g/mol. The molecule has 1 aromatic carbocycles. The molecule has 1 saturated heterocycles. The summed E-state index contributed by atoms with van der Waals surface area (Å²) < 4.78 is 2.30. The third-order valence-corrected chi connectivity index (χ3v) is 5.49. The summed E-state index contributed by atoms with van der Waals surface area (Å²) in [4.78, 5) is 29.9. The van der Waals surface area contributed by atoms with Crippen molar-refractivity contribution in [2.75, 3.05) is 18.4 Å². The number of anilines is 1. The smallest absolute Gasteiger partial charge is 0.321 e. The number of nitrogens with zero attached hydrogens (tertiary/aromatic N) is 3. The number of piperidine rings is 1. The second-order valence-corrected chi connectivity index (χ2v) is 7.22. The Morgan fingerprint density at radius 1 is 1.12 bits per heavy atom. The van der Waals surface area contributed by atoms with Crippen LogP contribution in [0.1, 0.15) is 37.9 Å². The molecule has 0 unspecified atom stereocenters. The van der Waals surface area contributed by atoms with Crippen molar-refractivity contribution in [3.05, 3.63) is 24.0 Å². The van der Waals surface area contributed by atoms with Crippen LogP contribution in [0.5, 0.6) is 0 Å². The molecule has 3 heterocycles. The number of benzene rings is 1. The number of urea groups is 1. The Hall–Kier alpha value is -2.57. The molecular formula is C19H24N4O3. The van der Waals surface area contributed by atoms with Gasteiger partial charge in [-0.3, -0.25) is 4.79 Å². The number of aromatic nitrogens is 2. The fourth-order valence-electron chi connectivity index (χ4n) is 3.96. The lowest BCUT2D eigenvalue weighted by Crippen LogP contribution is -2.42. The van der Waals surface area contributed by atoms with E-state index in [0.29, 0.717) is 25.9 Å². The molecule has 2 amide bonds. The zero-order valence-corrected chi connectivity index (χ0v) is 14.8. The Bertz CT molecular complexity index is 837. The Kier molecular flexibility index (Phi) is 4.53. The average molecular weight is 356 g/mol. The summed E-state index contributed by atoms with van der Waals surface area (Å²) in [6.07, 6.45) is 5.64. The number of imidazole rings is 1. The van der Waals surface area contributed by atoms with E-state index in [-0.39, 0.29) is 11.9 Å². The van der Waals surface area contributed by atoms with E-state index in [4.69, 9.17) is 10.1 Å². The molecule has 0 bridgehead atoms. The number of carbonyl (C=O) groups is 2. The van der Waals surface area contributed by atoms with Gasteiger partial charge < -0.3 is 19.9 Å².